The molecule has 1 N–H and O–H groups in total. The van der Waals surface area contributed by atoms with Gasteiger partial charge in [-0.25, -0.2) is 14.2 Å². The van der Waals surface area contributed by atoms with Crippen LogP contribution in [0.2, 0.25) is 0 Å². The van der Waals surface area contributed by atoms with E-state index < -0.39 is 5.82 Å². The SMILES string of the molecule is O=c1[nH]c2c(c3nc(-c4ccccc4F)nn13)CN(Cc1ccccn1)CC2. The van der Waals surface area contributed by atoms with E-state index in [0.29, 0.717) is 25.2 Å². The van der Waals surface area contributed by atoms with E-state index in [0.717, 1.165) is 23.5 Å². The van der Waals surface area contributed by atoms with E-state index >= 15 is 0 Å². The lowest BCUT2D eigenvalue weighted by atomic mass is 10.1. The van der Waals surface area contributed by atoms with Crippen LogP contribution in [0.15, 0.2) is 53.5 Å². The van der Waals surface area contributed by atoms with E-state index in [1.54, 1.807) is 24.4 Å². The summed E-state index contributed by atoms with van der Waals surface area (Å²) in [6.07, 6.45) is 2.48. The van der Waals surface area contributed by atoms with Gasteiger partial charge in [-0.3, -0.25) is 9.88 Å². The molecule has 1 aliphatic rings. The molecule has 0 bridgehead atoms. The molecule has 0 radical (unpaired) electrons. The Morgan fingerprint density at radius 2 is 2.00 bits per heavy atom. The Kier molecular flexibility index (Phi) is 3.98. The van der Waals surface area contributed by atoms with Crippen molar-refractivity contribution in [1.29, 1.82) is 0 Å². The molecule has 3 aromatic heterocycles. The lowest BCUT2D eigenvalue weighted by Gasteiger charge is -2.27. The maximum atomic E-state index is 14.2. The number of halogens is 1. The van der Waals surface area contributed by atoms with Crippen molar-refractivity contribution in [3.63, 3.8) is 0 Å². The molecular formula is C20H17FN6O. The molecule has 0 unspecified atom stereocenters. The molecule has 4 heterocycles. The zero-order valence-electron chi connectivity index (χ0n) is 15.0. The van der Waals surface area contributed by atoms with Crippen molar-refractivity contribution in [1.82, 2.24) is 29.5 Å². The topological polar surface area (TPSA) is 79.2 Å². The van der Waals surface area contributed by atoms with E-state index in [4.69, 9.17) is 0 Å². The average Bonchev–Trinajstić information content (AvgIpc) is 3.16. The van der Waals surface area contributed by atoms with Crippen LogP contribution in [-0.4, -0.2) is 36.0 Å². The van der Waals surface area contributed by atoms with E-state index in [1.165, 1.54) is 10.6 Å². The first-order valence-electron chi connectivity index (χ1n) is 9.07. The van der Waals surface area contributed by atoms with E-state index in [9.17, 15) is 9.18 Å². The molecule has 5 rings (SSSR count). The highest BCUT2D eigenvalue weighted by Crippen LogP contribution is 2.24. The Morgan fingerprint density at radius 1 is 1.14 bits per heavy atom. The molecule has 0 spiro atoms. The first kappa shape index (κ1) is 16.8. The highest BCUT2D eigenvalue weighted by molar-refractivity contribution is 5.61. The van der Waals surface area contributed by atoms with Crippen molar-refractivity contribution in [3.8, 4) is 11.4 Å². The van der Waals surface area contributed by atoms with Gasteiger partial charge in [0.1, 0.15) is 5.82 Å². The standard InChI is InChI=1S/C20H17FN6O/c21-16-7-2-1-6-14(16)18-24-19-15-12-26(11-13-5-3-4-9-22-13)10-8-17(15)23-20(28)27(19)25-18/h1-7,9H,8,10-12H2,(H,23,28). The predicted molar refractivity (Wildman–Crippen MR) is 101 cm³/mol. The molecule has 0 saturated heterocycles. The maximum Gasteiger partial charge on any atom is 0.348 e. The van der Waals surface area contributed by atoms with Gasteiger partial charge in [0.25, 0.3) is 0 Å². The number of rotatable bonds is 3. The first-order chi connectivity index (χ1) is 13.7. The van der Waals surface area contributed by atoms with Gasteiger partial charge in [0, 0.05) is 43.5 Å². The number of benzene rings is 1. The van der Waals surface area contributed by atoms with Gasteiger partial charge in [-0.05, 0) is 24.3 Å². The lowest BCUT2D eigenvalue weighted by molar-refractivity contribution is 0.240. The molecule has 1 aliphatic heterocycles. The van der Waals surface area contributed by atoms with Crippen LogP contribution in [0.25, 0.3) is 17.0 Å². The van der Waals surface area contributed by atoms with Crippen molar-refractivity contribution >= 4 is 5.65 Å². The Hall–Kier alpha value is -3.39. The van der Waals surface area contributed by atoms with Crippen LogP contribution in [0.4, 0.5) is 4.39 Å². The Labute approximate surface area is 159 Å². The van der Waals surface area contributed by atoms with Crippen LogP contribution >= 0.6 is 0 Å². The van der Waals surface area contributed by atoms with E-state index in [-0.39, 0.29) is 17.1 Å². The number of pyridine rings is 1. The summed E-state index contributed by atoms with van der Waals surface area (Å²) in [5, 5.41) is 4.25. The minimum Gasteiger partial charge on any atom is -0.309 e. The third-order valence-corrected chi connectivity index (χ3v) is 4.98. The summed E-state index contributed by atoms with van der Waals surface area (Å²) in [7, 11) is 0. The zero-order chi connectivity index (χ0) is 19.1. The van der Waals surface area contributed by atoms with Crippen LogP contribution in [0.5, 0.6) is 0 Å². The molecule has 28 heavy (non-hydrogen) atoms. The summed E-state index contributed by atoms with van der Waals surface area (Å²) in [5.41, 5.74) is 3.16. The number of hydrogen-bond acceptors (Lipinski definition) is 5. The molecule has 0 atom stereocenters. The number of aromatic amines is 1. The van der Waals surface area contributed by atoms with Crippen LogP contribution in [0, 0.1) is 5.82 Å². The van der Waals surface area contributed by atoms with Crippen LogP contribution in [0.3, 0.4) is 0 Å². The van der Waals surface area contributed by atoms with Crippen molar-refractivity contribution in [2.45, 2.75) is 19.5 Å². The maximum absolute atomic E-state index is 14.2. The summed E-state index contributed by atoms with van der Waals surface area (Å²) in [6.45, 7) is 2.13. The number of H-pyrrole nitrogens is 1. The van der Waals surface area contributed by atoms with Gasteiger partial charge in [-0.2, -0.15) is 4.52 Å². The number of aromatic nitrogens is 5. The lowest BCUT2D eigenvalue weighted by Crippen LogP contribution is -2.34. The molecule has 0 fully saturated rings. The van der Waals surface area contributed by atoms with Crippen LogP contribution < -0.4 is 5.69 Å². The quantitative estimate of drug-likeness (QED) is 0.593. The highest BCUT2D eigenvalue weighted by Gasteiger charge is 2.24. The molecule has 7 nitrogen and oxygen atoms in total. The molecule has 0 aliphatic carbocycles. The minimum atomic E-state index is -0.416. The smallest absolute Gasteiger partial charge is 0.309 e. The largest absolute Gasteiger partial charge is 0.348 e. The first-order valence-corrected chi connectivity index (χ1v) is 9.07. The molecular weight excluding hydrogens is 359 g/mol. The summed E-state index contributed by atoms with van der Waals surface area (Å²) in [4.78, 5) is 26.5. The monoisotopic (exact) mass is 376 g/mol. The van der Waals surface area contributed by atoms with E-state index in [1.807, 2.05) is 18.2 Å². The number of hydrogen-bond donors (Lipinski definition) is 1. The van der Waals surface area contributed by atoms with Crippen LogP contribution in [0.1, 0.15) is 17.0 Å². The van der Waals surface area contributed by atoms with Gasteiger partial charge in [-0.15, -0.1) is 5.10 Å². The second-order valence-electron chi connectivity index (χ2n) is 6.82. The average molecular weight is 376 g/mol. The Balaban J connectivity index is 1.56. The van der Waals surface area contributed by atoms with Gasteiger partial charge in [-0.1, -0.05) is 18.2 Å². The normalized spacial score (nSPS) is 14.3. The molecule has 0 amide bonds. The second-order valence-corrected chi connectivity index (χ2v) is 6.82. The number of nitrogens with one attached hydrogen (secondary N) is 1. The van der Waals surface area contributed by atoms with Gasteiger partial charge >= 0.3 is 5.69 Å². The highest BCUT2D eigenvalue weighted by atomic mass is 19.1. The fourth-order valence-electron chi connectivity index (χ4n) is 3.61. The van der Waals surface area contributed by atoms with Gasteiger partial charge < -0.3 is 4.98 Å². The molecule has 1 aromatic carbocycles. The molecule has 8 heteroatoms. The minimum absolute atomic E-state index is 0.207. The molecule has 0 saturated carbocycles. The molecule has 4 aromatic rings. The summed E-state index contributed by atoms with van der Waals surface area (Å²) < 4.78 is 15.4. The summed E-state index contributed by atoms with van der Waals surface area (Å²) in [5.74, 6) is -0.209. The van der Waals surface area contributed by atoms with E-state index in [2.05, 4.69) is 25.0 Å². The third-order valence-electron chi connectivity index (χ3n) is 4.98. The van der Waals surface area contributed by atoms with Crippen LogP contribution in [-0.2, 0) is 19.5 Å². The number of fused-ring (bicyclic) bond motifs is 3. The fourth-order valence-corrected chi connectivity index (χ4v) is 3.61. The summed E-state index contributed by atoms with van der Waals surface area (Å²) in [6, 6.07) is 12.1. The van der Waals surface area contributed by atoms with Gasteiger partial charge in [0.2, 0.25) is 0 Å². The second kappa shape index (κ2) is 6.65. The Bertz CT molecular complexity index is 1220. The molecule has 140 valence electrons. The third kappa shape index (κ3) is 2.87. The van der Waals surface area contributed by atoms with Crippen molar-refractivity contribution < 1.29 is 4.39 Å². The van der Waals surface area contributed by atoms with Crippen molar-refractivity contribution in [2.24, 2.45) is 0 Å². The summed E-state index contributed by atoms with van der Waals surface area (Å²) >= 11 is 0. The van der Waals surface area contributed by atoms with Crippen molar-refractivity contribution in [3.05, 3.63) is 81.9 Å². The Morgan fingerprint density at radius 3 is 2.82 bits per heavy atom. The van der Waals surface area contributed by atoms with Gasteiger partial charge in [0.05, 0.1) is 11.3 Å². The van der Waals surface area contributed by atoms with Gasteiger partial charge in [0.15, 0.2) is 11.5 Å². The predicted octanol–water partition coefficient (Wildman–Crippen LogP) is 2.18. The fraction of sp³-hybridized carbons (Fsp3) is 0.200. The zero-order valence-corrected chi connectivity index (χ0v) is 15.0. The van der Waals surface area contributed by atoms with Crippen molar-refractivity contribution in [2.75, 3.05) is 6.54 Å². The number of nitrogens with zero attached hydrogens (tertiary/aromatic N) is 5.